The van der Waals surface area contributed by atoms with E-state index in [1.54, 1.807) is 18.9 Å². The lowest BCUT2D eigenvalue weighted by molar-refractivity contribution is -0.153. The van der Waals surface area contributed by atoms with Crippen molar-refractivity contribution in [1.82, 2.24) is 15.1 Å². The monoisotopic (exact) mass is 311 g/mol. The fourth-order valence-electron chi connectivity index (χ4n) is 2.12. The van der Waals surface area contributed by atoms with Crippen LogP contribution in [0, 0.1) is 0 Å². The van der Waals surface area contributed by atoms with Gasteiger partial charge in [0.2, 0.25) is 0 Å². The fraction of sp³-hybridized carbons (Fsp3) is 0.923. The molecule has 2 amide bonds. The van der Waals surface area contributed by atoms with Crippen LogP contribution in [-0.2, 0) is 4.74 Å². The molecular weight excluding hydrogens is 287 g/mol. The van der Waals surface area contributed by atoms with E-state index in [1.807, 2.05) is 13.8 Å². The summed E-state index contributed by atoms with van der Waals surface area (Å²) < 4.78 is 42.4. The number of nitrogens with one attached hydrogen (secondary N) is 1. The van der Waals surface area contributed by atoms with Gasteiger partial charge in [0.25, 0.3) is 0 Å². The molecule has 21 heavy (non-hydrogen) atoms. The third-order valence-electron chi connectivity index (χ3n) is 3.65. The van der Waals surface area contributed by atoms with E-state index < -0.39 is 18.3 Å². The molecule has 1 saturated heterocycles. The molecule has 1 aliphatic rings. The Labute approximate surface area is 123 Å². The van der Waals surface area contributed by atoms with Gasteiger partial charge in [-0.2, -0.15) is 13.2 Å². The van der Waals surface area contributed by atoms with Crippen LogP contribution >= 0.6 is 0 Å². The smallest absolute Gasteiger partial charge is 0.377 e. The van der Waals surface area contributed by atoms with Gasteiger partial charge >= 0.3 is 12.2 Å². The van der Waals surface area contributed by atoms with Crippen LogP contribution in [-0.4, -0.2) is 73.5 Å². The number of methoxy groups -OCH3 is 1. The number of rotatable bonds is 4. The molecule has 124 valence electrons. The molecule has 0 saturated carbocycles. The zero-order valence-corrected chi connectivity index (χ0v) is 13.0. The third-order valence-corrected chi connectivity index (χ3v) is 3.65. The molecule has 0 aromatic rings. The Bertz CT molecular complexity index is 361. The number of hydrogen-bond acceptors (Lipinski definition) is 3. The highest BCUT2D eigenvalue weighted by atomic mass is 19.4. The molecule has 1 unspecified atom stereocenters. The van der Waals surface area contributed by atoms with Crippen LogP contribution in [0.2, 0.25) is 0 Å². The first kappa shape index (κ1) is 18.0. The van der Waals surface area contributed by atoms with Gasteiger partial charge in [-0.1, -0.05) is 0 Å². The summed E-state index contributed by atoms with van der Waals surface area (Å²) in [5, 5.41) is 2.75. The Morgan fingerprint density at radius 3 is 2.43 bits per heavy atom. The summed E-state index contributed by atoms with van der Waals surface area (Å²) in [4.78, 5) is 14.9. The maximum atomic E-state index is 12.4. The molecule has 0 spiro atoms. The summed E-state index contributed by atoms with van der Waals surface area (Å²) in [6.07, 6.45) is -4.21. The van der Waals surface area contributed by atoms with Gasteiger partial charge in [-0.25, -0.2) is 4.79 Å². The molecule has 1 N–H and O–H groups in total. The number of carbonyl (C=O) groups excluding carboxylic acids is 1. The Balaban J connectivity index is 2.45. The Kier molecular flexibility index (Phi) is 5.86. The van der Waals surface area contributed by atoms with Crippen molar-refractivity contribution in [2.75, 3.05) is 39.8 Å². The van der Waals surface area contributed by atoms with Crippen LogP contribution in [0.25, 0.3) is 0 Å². The molecule has 1 rings (SSSR count). The number of hydrogen-bond donors (Lipinski definition) is 1. The third kappa shape index (κ3) is 6.09. The second-order valence-electron chi connectivity index (χ2n) is 6.00. The average molecular weight is 311 g/mol. The lowest BCUT2D eigenvalue weighted by Crippen LogP contribution is -2.58. The molecule has 8 heteroatoms. The SMILES string of the molecule is COC(C)(C)CNC(=O)N1CCN(CC(F)(F)F)C(C)C1. The number of alkyl halides is 3. The maximum absolute atomic E-state index is 12.4. The van der Waals surface area contributed by atoms with Gasteiger partial charge in [0.15, 0.2) is 0 Å². The Morgan fingerprint density at radius 1 is 1.33 bits per heavy atom. The van der Waals surface area contributed by atoms with Gasteiger partial charge in [-0.05, 0) is 20.8 Å². The maximum Gasteiger partial charge on any atom is 0.401 e. The van der Waals surface area contributed by atoms with Crippen LogP contribution < -0.4 is 5.32 Å². The number of piperazine rings is 1. The molecule has 1 aliphatic heterocycles. The molecule has 0 bridgehead atoms. The minimum absolute atomic E-state index is 0.224. The Morgan fingerprint density at radius 2 is 1.95 bits per heavy atom. The number of urea groups is 1. The van der Waals surface area contributed by atoms with Gasteiger partial charge in [-0.15, -0.1) is 0 Å². The number of halogens is 3. The molecule has 0 aromatic heterocycles. The van der Waals surface area contributed by atoms with E-state index in [1.165, 1.54) is 4.90 Å². The summed E-state index contributed by atoms with van der Waals surface area (Å²) in [5.41, 5.74) is -0.473. The zero-order valence-electron chi connectivity index (χ0n) is 13.0. The summed E-state index contributed by atoms with van der Waals surface area (Å²) in [7, 11) is 1.56. The summed E-state index contributed by atoms with van der Waals surface area (Å²) in [6, 6.07) is -0.583. The van der Waals surface area contributed by atoms with Crippen molar-refractivity contribution in [3.05, 3.63) is 0 Å². The number of carbonyl (C=O) groups is 1. The molecule has 0 aliphatic carbocycles. The van der Waals surface area contributed by atoms with Crippen LogP contribution in [0.15, 0.2) is 0 Å². The first-order chi connectivity index (χ1) is 9.54. The fourth-order valence-corrected chi connectivity index (χ4v) is 2.12. The van der Waals surface area contributed by atoms with Crippen LogP contribution in [0.4, 0.5) is 18.0 Å². The highest BCUT2D eigenvalue weighted by molar-refractivity contribution is 5.74. The number of amides is 2. The van der Waals surface area contributed by atoms with Crippen molar-refractivity contribution in [2.45, 2.75) is 38.6 Å². The predicted molar refractivity (Wildman–Crippen MR) is 73.1 cm³/mol. The molecular formula is C13H24F3N3O2. The van der Waals surface area contributed by atoms with Crippen molar-refractivity contribution >= 4 is 6.03 Å². The highest BCUT2D eigenvalue weighted by Gasteiger charge is 2.36. The van der Waals surface area contributed by atoms with Crippen molar-refractivity contribution in [3.8, 4) is 0 Å². The molecule has 1 heterocycles. The zero-order chi connectivity index (χ0) is 16.3. The minimum Gasteiger partial charge on any atom is -0.377 e. The second kappa shape index (κ2) is 6.83. The van der Waals surface area contributed by atoms with Gasteiger partial charge in [0.05, 0.1) is 12.1 Å². The van der Waals surface area contributed by atoms with Crippen LogP contribution in [0.1, 0.15) is 20.8 Å². The molecule has 0 radical (unpaired) electrons. The molecule has 5 nitrogen and oxygen atoms in total. The van der Waals surface area contributed by atoms with Crippen LogP contribution in [0.5, 0.6) is 0 Å². The van der Waals surface area contributed by atoms with E-state index in [-0.39, 0.29) is 25.2 Å². The molecule has 1 atom stereocenters. The molecule has 0 aromatic carbocycles. The van der Waals surface area contributed by atoms with E-state index in [9.17, 15) is 18.0 Å². The summed E-state index contributed by atoms with van der Waals surface area (Å²) in [5.74, 6) is 0. The van der Waals surface area contributed by atoms with E-state index in [0.717, 1.165) is 0 Å². The summed E-state index contributed by atoms with van der Waals surface area (Å²) >= 11 is 0. The van der Waals surface area contributed by atoms with Gasteiger partial charge in [0, 0.05) is 39.3 Å². The van der Waals surface area contributed by atoms with E-state index >= 15 is 0 Å². The quantitative estimate of drug-likeness (QED) is 0.859. The van der Waals surface area contributed by atoms with Crippen LogP contribution in [0.3, 0.4) is 0 Å². The van der Waals surface area contributed by atoms with Gasteiger partial charge < -0.3 is 15.0 Å². The standard InChI is InChI=1S/C13H24F3N3O2/c1-10-7-18(5-6-19(10)9-13(14,15)16)11(20)17-8-12(2,3)21-4/h10H,5-9H2,1-4H3,(H,17,20). The van der Waals surface area contributed by atoms with E-state index in [2.05, 4.69) is 5.32 Å². The lowest BCUT2D eigenvalue weighted by atomic mass is 10.1. The lowest BCUT2D eigenvalue weighted by Gasteiger charge is -2.40. The van der Waals surface area contributed by atoms with Gasteiger partial charge in [-0.3, -0.25) is 4.90 Å². The topological polar surface area (TPSA) is 44.8 Å². The first-order valence-corrected chi connectivity index (χ1v) is 6.93. The predicted octanol–water partition coefficient (Wildman–Crippen LogP) is 1.69. The van der Waals surface area contributed by atoms with Crippen molar-refractivity contribution in [2.24, 2.45) is 0 Å². The average Bonchev–Trinajstić information content (AvgIpc) is 2.37. The van der Waals surface area contributed by atoms with Crippen molar-refractivity contribution in [3.63, 3.8) is 0 Å². The second-order valence-corrected chi connectivity index (χ2v) is 6.00. The highest BCUT2D eigenvalue weighted by Crippen LogP contribution is 2.20. The minimum atomic E-state index is -4.21. The van der Waals surface area contributed by atoms with Gasteiger partial charge in [0.1, 0.15) is 0 Å². The first-order valence-electron chi connectivity index (χ1n) is 6.93. The van der Waals surface area contributed by atoms with E-state index in [0.29, 0.717) is 13.1 Å². The van der Waals surface area contributed by atoms with Crippen molar-refractivity contribution in [1.29, 1.82) is 0 Å². The van der Waals surface area contributed by atoms with E-state index in [4.69, 9.17) is 4.74 Å². The normalized spacial score (nSPS) is 21.5. The summed E-state index contributed by atoms with van der Waals surface area (Å²) in [6.45, 7) is 5.61. The Hall–Kier alpha value is -1.02. The number of ether oxygens (including phenoxy) is 1. The van der Waals surface area contributed by atoms with Crippen molar-refractivity contribution < 1.29 is 22.7 Å². The largest absolute Gasteiger partial charge is 0.401 e. The number of nitrogens with zero attached hydrogens (tertiary/aromatic N) is 2. The molecule has 1 fully saturated rings.